The van der Waals surface area contributed by atoms with E-state index in [1.54, 1.807) is 13.1 Å². The first-order chi connectivity index (χ1) is 26.1. The summed E-state index contributed by atoms with van der Waals surface area (Å²) in [5.74, 6) is 0. The number of rotatable bonds is 10. The van der Waals surface area contributed by atoms with Crippen molar-refractivity contribution in [2.75, 3.05) is 13.2 Å². The Morgan fingerprint density at radius 3 is 1.96 bits per heavy atom. The molecule has 1 unspecified atom stereocenters. The zero-order valence-corrected chi connectivity index (χ0v) is 33.2. The van der Waals surface area contributed by atoms with Crippen molar-refractivity contribution in [3.8, 4) is 0 Å². The van der Waals surface area contributed by atoms with E-state index in [0.717, 1.165) is 30.5 Å². The van der Waals surface area contributed by atoms with E-state index in [-0.39, 0.29) is 17.7 Å². The van der Waals surface area contributed by atoms with Crippen molar-refractivity contribution in [3.05, 3.63) is 165 Å². The maximum absolute atomic E-state index is 13.2. The van der Waals surface area contributed by atoms with Gasteiger partial charge in [0.2, 0.25) is 0 Å². The Hall–Kier alpha value is -3.99. The van der Waals surface area contributed by atoms with Crippen LogP contribution in [0.25, 0.3) is 0 Å². The number of fused-ring (bicyclic) bond motifs is 1. The summed E-state index contributed by atoms with van der Waals surface area (Å²) in [6.07, 6.45) is 2.29. The number of hydrogen-bond acceptors (Lipinski definition) is 7. The van der Waals surface area contributed by atoms with Gasteiger partial charge in [0.25, 0.3) is 22.4 Å². The molecule has 3 aliphatic rings. The Bertz CT molecular complexity index is 2080. The lowest BCUT2D eigenvalue weighted by Gasteiger charge is -2.43. The average Bonchev–Trinajstić information content (AvgIpc) is 3.91. The van der Waals surface area contributed by atoms with Gasteiger partial charge in [-0.3, -0.25) is 14.3 Å². The maximum atomic E-state index is 13.2. The molecule has 1 aromatic heterocycles. The van der Waals surface area contributed by atoms with Crippen molar-refractivity contribution in [1.82, 2.24) is 14.2 Å². The van der Waals surface area contributed by atoms with E-state index >= 15 is 0 Å². The number of hydrogen-bond donors (Lipinski definition) is 1. The lowest BCUT2D eigenvalue weighted by atomic mass is 9.79. The molecule has 280 valence electrons. The van der Waals surface area contributed by atoms with E-state index in [1.165, 1.54) is 14.9 Å². The third kappa shape index (κ3) is 6.47. The van der Waals surface area contributed by atoms with E-state index in [0.29, 0.717) is 12.0 Å². The smallest absolute Gasteiger partial charge is 0.330 e. The van der Waals surface area contributed by atoms with Crippen LogP contribution in [0.5, 0.6) is 0 Å². The third-order valence-corrected chi connectivity index (χ3v) is 18.1. The molecule has 3 aliphatic heterocycles. The van der Waals surface area contributed by atoms with Crippen LogP contribution < -0.4 is 21.6 Å². The highest BCUT2D eigenvalue weighted by molar-refractivity contribution is 7.45. The fraction of sp³-hybridized carbons (Fsp3) is 0.349. The van der Waals surface area contributed by atoms with Crippen LogP contribution in [0.2, 0.25) is 5.04 Å². The fourth-order valence-corrected chi connectivity index (χ4v) is 15.4. The first-order valence-electron chi connectivity index (χ1n) is 18.9. The molecule has 0 spiro atoms. The molecule has 8 rings (SSSR count). The number of aromatic amines is 1. The van der Waals surface area contributed by atoms with E-state index in [2.05, 4.69) is 127 Å². The highest BCUT2D eigenvalue weighted by Crippen LogP contribution is 2.66. The molecule has 54 heavy (non-hydrogen) atoms. The summed E-state index contributed by atoms with van der Waals surface area (Å²) in [5.41, 5.74) is 0.999. The highest BCUT2D eigenvalue weighted by Gasteiger charge is 2.60. The van der Waals surface area contributed by atoms with Gasteiger partial charge in [0.05, 0.1) is 18.8 Å². The maximum Gasteiger partial charge on any atom is 0.330 e. The van der Waals surface area contributed by atoms with E-state index in [9.17, 15) is 9.59 Å². The monoisotopic (exact) mass is 761 g/mol. The molecule has 1 N–H and O–H groups in total. The van der Waals surface area contributed by atoms with Crippen LogP contribution in [0.15, 0.2) is 137 Å². The number of H-pyrrole nitrogens is 1. The van der Waals surface area contributed by atoms with E-state index < -0.39 is 52.1 Å². The molecule has 9 nitrogen and oxygen atoms in total. The van der Waals surface area contributed by atoms with Gasteiger partial charge in [-0.25, -0.2) is 9.46 Å². The van der Waals surface area contributed by atoms with Crippen molar-refractivity contribution in [2.45, 2.75) is 82.1 Å². The Morgan fingerprint density at radius 2 is 1.41 bits per heavy atom. The number of aryl methyl sites for hydroxylation is 1. The minimum absolute atomic E-state index is 0.0859. The van der Waals surface area contributed by atoms with Crippen LogP contribution in [-0.2, 0) is 23.8 Å². The SMILES string of the molecule is Cc1cn([C@H]2C[C@H](OP3OC(c4ccccc4)(c4ccccc4)[C@@H]4CCCN43)[C@@H](CO[Si](c3ccccc3)(c3ccccc3)C(C)(C)C)O2)c(=O)[nH]c1=O. The van der Waals surface area contributed by atoms with Crippen molar-refractivity contribution >= 4 is 27.2 Å². The molecule has 0 bridgehead atoms. The van der Waals surface area contributed by atoms with Gasteiger partial charge in [-0.2, -0.15) is 0 Å². The fourth-order valence-electron chi connectivity index (χ4n) is 8.72. The first-order valence-corrected chi connectivity index (χ1v) is 21.9. The number of benzene rings is 4. The van der Waals surface area contributed by atoms with Crippen LogP contribution in [0.3, 0.4) is 0 Å². The number of aromatic nitrogens is 2. The molecule has 4 aromatic carbocycles. The molecule has 3 fully saturated rings. The number of nitrogens with zero attached hydrogens (tertiary/aromatic N) is 2. The van der Waals surface area contributed by atoms with Gasteiger partial charge >= 0.3 is 5.69 Å². The predicted octanol–water partition coefficient (Wildman–Crippen LogP) is 6.76. The summed E-state index contributed by atoms with van der Waals surface area (Å²) in [7, 11) is -4.49. The van der Waals surface area contributed by atoms with E-state index in [4.69, 9.17) is 18.2 Å². The quantitative estimate of drug-likeness (QED) is 0.124. The van der Waals surface area contributed by atoms with Gasteiger partial charge in [-0.15, -0.1) is 0 Å². The molecule has 4 heterocycles. The minimum atomic E-state index is -2.94. The number of nitrogens with one attached hydrogen (secondary N) is 1. The molecule has 0 saturated carbocycles. The largest absolute Gasteiger partial charge is 0.405 e. The van der Waals surface area contributed by atoms with Crippen molar-refractivity contribution < 1.29 is 18.2 Å². The highest BCUT2D eigenvalue weighted by atomic mass is 31.2. The molecule has 5 atom stereocenters. The minimum Gasteiger partial charge on any atom is -0.405 e. The zero-order valence-electron chi connectivity index (χ0n) is 31.3. The van der Waals surface area contributed by atoms with Crippen LogP contribution in [0.1, 0.15) is 63.0 Å². The number of ether oxygens (including phenoxy) is 1. The zero-order chi connectivity index (χ0) is 37.5. The molecular formula is C43H48N3O6PSi. The third-order valence-electron chi connectivity index (χ3n) is 11.3. The van der Waals surface area contributed by atoms with Crippen LogP contribution in [0.4, 0.5) is 0 Å². The molecular weight excluding hydrogens is 714 g/mol. The molecule has 5 aromatic rings. The Balaban J connectivity index is 1.17. The predicted molar refractivity (Wildman–Crippen MR) is 214 cm³/mol. The second-order valence-electron chi connectivity index (χ2n) is 15.6. The Kier molecular flexibility index (Phi) is 10.2. The summed E-state index contributed by atoms with van der Waals surface area (Å²) in [5, 5.41) is 2.09. The van der Waals surface area contributed by atoms with Crippen LogP contribution >= 0.6 is 8.53 Å². The Labute approximate surface area is 319 Å². The summed E-state index contributed by atoms with van der Waals surface area (Å²) in [6, 6.07) is 42.1. The van der Waals surface area contributed by atoms with Gasteiger partial charge in [0.1, 0.15) is 17.9 Å². The van der Waals surface area contributed by atoms with Gasteiger partial charge < -0.3 is 18.2 Å². The van der Waals surface area contributed by atoms with E-state index in [1.807, 2.05) is 24.3 Å². The van der Waals surface area contributed by atoms with Gasteiger partial charge in [-0.1, -0.05) is 142 Å². The normalized spacial score (nSPS) is 24.1. The molecule has 0 radical (unpaired) electrons. The average molecular weight is 762 g/mol. The Morgan fingerprint density at radius 1 is 0.852 bits per heavy atom. The van der Waals surface area contributed by atoms with Gasteiger partial charge in [-0.05, 0) is 46.3 Å². The van der Waals surface area contributed by atoms with Gasteiger partial charge in [0.15, 0.2) is 0 Å². The molecule has 11 heteroatoms. The summed E-state index contributed by atoms with van der Waals surface area (Å²) in [6.45, 7) is 9.55. The molecule has 0 aliphatic carbocycles. The standard InChI is InChI=1S/C43H48N3O6PSi/c1-31-29-45(41(48)44-40(31)47)39-28-36(37(50-39)30-49-54(42(2,3)4,34-22-13-7-14-23-34)35-24-15-8-16-25-35)51-53-46-27-17-26-38(46)43(52-53,32-18-9-5-10-19-32)33-20-11-6-12-21-33/h5-16,18-25,29,36-39H,17,26-28,30H2,1-4H3,(H,44,47,48)/t36-,37+,38-,39+,53?/m0/s1. The van der Waals surface area contributed by atoms with Crippen LogP contribution in [0, 0.1) is 6.92 Å². The molecule has 0 amide bonds. The summed E-state index contributed by atoms with van der Waals surface area (Å²) < 4.78 is 32.6. The first kappa shape index (κ1) is 37.0. The van der Waals surface area contributed by atoms with Crippen molar-refractivity contribution in [3.63, 3.8) is 0 Å². The lowest BCUT2D eigenvalue weighted by Crippen LogP contribution is -2.67. The topological polar surface area (TPSA) is 95.0 Å². The lowest BCUT2D eigenvalue weighted by molar-refractivity contribution is -0.0401. The molecule has 3 saturated heterocycles. The van der Waals surface area contributed by atoms with Gasteiger partial charge in [0, 0.05) is 24.7 Å². The second kappa shape index (κ2) is 14.9. The van der Waals surface area contributed by atoms with Crippen molar-refractivity contribution in [2.24, 2.45) is 0 Å². The van der Waals surface area contributed by atoms with Crippen LogP contribution in [-0.4, -0.2) is 53.9 Å². The summed E-state index contributed by atoms with van der Waals surface area (Å²) in [4.78, 5) is 28.1. The second-order valence-corrected chi connectivity index (χ2v) is 21.3. The summed E-state index contributed by atoms with van der Waals surface area (Å²) >= 11 is 0. The van der Waals surface area contributed by atoms with Crippen molar-refractivity contribution in [1.29, 1.82) is 0 Å².